The molecule has 0 aliphatic carbocycles. The lowest BCUT2D eigenvalue weighted by Crippen LogP contribution is -2.27. The van der Waals surface area contributed by atoms with E-state index >= 15 is 0 Å². The van der Waals surface area contributed by atoms with Crippen molar-refractivity contribution in [2.45, 2.75) is 45.6 Å². The Hall–Kier alpha value is -2.63. The number of fused-ring (bicyclic) bond motifs is 1. The summed E-state index contributed by atoms with van der Waals surface area (Å²) in [4.78, 5) is 24.6. The number of nitrogens with one attached hydrogen (secondary N) is 2. The Morgan fingerprint density at radius 1 is 1.33 bits per heavy atom. The van der Waals surface area contributed by atoms with Crippen LogP contribution in [-0.2, 0) is 15.1 Å². The average Bonchev–Trinajstić information content (AvgIpc) is 3.00. The fourth-order valence-corrected chi connectivity index (χ4v) is 2.96. The van der Waals surface area contributed by atoms with Gasteiger partial charge in [0.05, 0.1) is 17.2 Å². The average molecular weight is 326 g/mol. The van der Waals surface area contributed by atoms with Crippen molar-refractivity contribution in [3.63, 3.8) is 0 Å². The minimum atomic E-state index is -0.451. The van der Waals surface area contributed by atoms with E-state index in [-0.39, 0.29) is 23.8 Å². The number of para-hydroxylation sites is 1. The molecule has 0 spiro atoms. The van der Waals surface area contributed by atoms with E-state index in [4.69, 9.17) is 0 Å². The number of carbonyl (C=O) groups excluding carboxylic acids is 2. The van der Waals surface area contributed by atoms with Crippen molar-refractivity contribution < 1.29 is 9.59 Å². The molecule has 3 rings (SSSR count). The molecule has 1 atom stereocenters. The van der Waals surface area contributed by atoms with E-state index in [0.717, 1.165) is 16.9 Å². The first kappa shape index (κ1) is 16.2. The predicted molar refractivity (Wildman–Crippen MR) is 93.0 cm³/mol. The van der Waals surface area contributed by atoms with Crippen molar-refractivity contribution in [3.05, 3.63) is 41.6 Å². The molecular formula is C18H22N4O2. The monoisotopic (exact) mass is 326 g/mol. The molecule has 1 aliphatic rings. The summed E-state index contributed by atoms with van der Waals surface area (Å²) in [5.74, 6) is -0.130. The molecule has 0 saturated carbocycles. The minimum Gasteiger partial charge on any atom is -0.325 e. The Morgan fingerprint density at radius 2 is 2.04 bits per heavy atom. The number of nitrogens with zero attached hydrogens (tertiary/aromatic N) is 2. The normalized spacial score (nSPS) is 16.7. The van der Waals surface area contributed by atoms with Gasteiger partial charge in [0, 0.05) is 18.2 Å². The quantitative estimate of drug-likeness (QED) is 0.910. The fraction of sp³-hybridized carbons (Fsp3) is 0.389. The highest BCUT2D eigenvalue weighted by Crippen LogP contribution is 2.34. The molecule has 0 unspecified atom stereocenters. The number of anilines is 2. The highest BCUT2D eigenvalue weighted by molar-refractivity contribution is 6.06. The summed E-state index contributed by atoms with van der Waals surface area (Å²) in [5.41, 5.74) is 2.26. The third-order valence-corrected chi connectivity index (χ3v) is 4.03. The van der Waals surface area contributed by atoms with E-state index in [2.05, 4.69) is 15.7 Å². The van der Waals surface area contributed by atoms with Gasteiger partial charge in [-0.05, 0) is 39.3 Å². The van der Waals surface area contributed by atoms with E-state index < -0.39 is 5.92 Å². The van der Waals surface area contributed by atoms with Gasteiger partial charge in [0.1, 0.15) is 5.82 Å². The van der Waals surface area contributed by atoms with E-state index in [1.165, 1.54) is 0 Å². The first-order chi connectivity index (χ1) is 11.3. The van der Waals surface area contributed by atoms with Crippen LogP contribution in [0.25, 0.3) is 0 Å². The molecule has 1 aliphatic heterocycles. The van der Waals surface area contributed by atoms with Crippen LogP contribution in [0.4, 0.5) is 11.5 Å². The van der Waals surface area contributed by atoms with Gasteiger partial charge in [-0.2, -0.15) is 5.10 Å². The summed E-state index contributed by atoms with van der Waals surface area (Å²) < 4.78 is 1.79. The van der Waals surface area contributed by atoms with Crippen LogP contribution >= 0.6 is 0 Å². The van der Waals surface area contributed by atoms with Crippen LogP contribution in [0.5, 0.6) is 0 Å². The van der Waals surface area contributed by atoms with Gasteiger partial charge >= 0.3 is 0 Å². The Kier molecular flexibility index (Phi) is 3.91. The summed E-state index contributed by atoms with van der Waals surface area (Å²) in [6.45, 7) is 7.96. The Bertz CT molecular complexity index is 802. The lowest BCUT2D eigenvalue weighted by molar-refractivity contribution is -0.122. The van der Waals surface area contributed by atoms with E-state index in [1.807, 2.05) is 58.0 Å². The van der Waals surface area contributed by atoms with Crippen LogP contribution in [0.3, 0.4) is 0 Å². The molecule has 2 N–H and O–H groups in total. The van der Waals surface area contributed by atoms with Crippen molar-refractivity contribution in [1.29, 1.82) is 0 Å². The second-order valence-electron chi connectivity index (χ2n) is 7.13. The highest BCUT2D eigenvalue weighted by atomic mass is 16.2. The molecule has 0 saturated heterocycles. The van der Waals surface area contributed by atoms with Crippen molar-refractivity contribution >= 4 is 23.3 Å². The number of rotatable bonds is 3. The highest BCUT2D eigenvalue weighted by Gasteiger charge is 2.32. The third kappa shape index (κ3) is 3.04. The molecule has 6 heteroatoms. The fourth-order valence-electron chi connectivity index (χ4n) is 2.96. The lowest BCUT2D eigenvalue weighted by atomic mass is 9.97. The van der Waals surface area contributed by atoms with Crippen LogP contribution in [0.2, 0.25) is 0 Å². The second kappa shape index (κ2) is 5.78. The van der Waals surface area contributed by atoms with Crippen LogP contribution in [0, 0.1) is 6.92 Å². The Balaban J connectivity index is 1.77. The number of carbonyl (C=O) groups is 2. The molecule has 1 aromatic heterocycles. The zero-order valence-electron chi connectivity index (χ0n) is 14.4. The molecule has 2 aromatic rings. The topological polar surface area (TPSA) is 76.0 Å². The Labute approximate surface area is 141 Å². The van der Waals surface area contributed by atoms with Gasteiger partial charge in [-0.1, -0.05) is 18.2 Å². The molecule has 0 fully saturated rings. The number of benzene rings is 1. The first-order valence-electron chi connectivity index (χ1n) is 8.02. The van der Waals surface area contributed by atoms with Crippen molar-refractivity contribution in [2.75, 3.05) is 10.6 Å². The molecular weight excluding hydrogens is 304 g/mol. The molecule has 0 radical (unpaired) electrons. The summed E-state index contributed by atoms with van der Waals surface area (Å²) in [5, 5.41) is 10.2. The van der Waals surface area contributed by atoms with Crippen LogP contribution in [-0.4, -0.2) is 21.6 Å². The molecule has 2 heterocycles. The van der Waals surface area contributed by atoms with Crippen LogP contribution in [0.1, 0.15) is 44.4 Å². The van der Waals surface area contributed by atoms with Gasteiger partial charge in [0.2, 0.25) is 11.8 Å². The number of aromatic nitrogens is 2. The summed E-state index contributed by atoms with van der Waals surface area (Å²) in [7, 11) is 0. The van der Waals surface area contributed by atoms with Gasteiger partial charge in [-0.15, -0.1) is 0 Å². The summed E-state index contributed by atoms with van der Waals surface area (Å²) in [6.07, 6.45) is 0.108. The largest absolute Gasteiger partial charge is 0.325 e. The zero-order valence-corrected chi connectivity index (χ0v) is 14.4. The van der Waals surface area contributed by atoms with Crippen molar-refractivity contribution in [2.24, 2.45) is 0 Å². The lowest BCUT2D eigenvalue weighted by Gasteiger charge is -2.22. The first-order valence-corrected chi connectivity index (χ1v) is 8.02. The number of aryl methyl sites for hydroxylation is 1. The maximum atomic E-state index is 12.5. The van der Waals surface area contributed by atoms with Crippen LogP contribution in [0.15, 0.2) is 30.3 Å². The maximum Gasteiger partial charge on any atom is 0.232 e. The summed E-state index contributed by atoms with van der Waals surface area (Å²) >= 11 is 0. The van der Waals surface area contributed by atoms with Gasteiger partial charge in [0.15, 0.2) is 0 Å². The van der Waals surface area contributed by atoms with Gasteiger partial charge in [-0.3, -0.25) is 9.59 Å². The van der Waals surface area contributed by atoms with Gasteiger partial charge < -0.3 is 10.6 Å². The standard InChI is InChI=1S/C18H22N4O2/c1-11-9-15(22(21-11)18(2,3)4)20-16(23)10-13-12-7-5-6-8-14(12)19-17(13)24/h5-9,13H,10H2,1-4H3,(H,19,24)(H,20,23)/t13-/m0/s1. The molecule has 6 nitrogen and oxygen atoms in total. The smallest absolute Gasteiger partial charge is 0.232 e. The maximum absolute atomic E-state index is 12.5. The molecule has 24 heavy (non-hydrogen) atoms. The molecule has 126 valence electrons. The Morgan fingerprint density at radius 3 is 2.75 bits per heavy atom. The zero-order chi connectivity index (χ0) is 17.5. The predicted octanol–water partition coefficient (Wildman–Crippen LogP) is 3.01. The van der Waals surface area contributed by atoms with E-state index in [9.17, 15) is 9.59 Å². The van der Waals surface area contributed by atoms with Gasteiger partial charge in [0.25, 0.3) is 0 Å². The van der Waals surface area contributed by atoms with Crippen molar-refractivity contribution in [1.82, 2.24) is 9.78 Å². The number of hydrogen-bond donors (Lipinski definition) is 2. The third-order valence-electron chi connectivity index (χ3n) is 4.03. The van der Waals surface area contributed by atoms with Crippen molar-refractivity contribution in [3.8, 4) is 0 Å². The van der Waals surface area contributed by atoms with E-state index in [1.54, 1.807) is 4.68 Å². The molecule has 2 amide bonds. The SMILES string of the molecule is Cc1cc(NC(=O)C[C@@H]2C(=O)Nc3ccccc32)n(C(C)(C)C)n1. The number of amides is 2. The minimum absolute atomic E-state index is 0.108. The second-order valence-corrected chi connectivity index (χ2v) is 7.13. The van der Waals surface area contributed by atoms with E-state index in [0.29, 0.717) is 5.82 Å². The molecule has 1 aromatic carbocycles. The van der Waals surface area contributed by atoms with Crippen LogP contribution < -0.4 is 10.6 Å². The van der Waals surface area contributed by atoms with Gasteiger partial charge in [-0.25, -0.2) is 4.68 Å². The molecule has 0 bridgehead atoms. The number of hydrogen-bond acceptors (Lipinski definition) is 3. The summed E-state index contributed by atoms with van der Waals surface area (Å²) in [6, 6.07) is 9.32.